The van der Waals surface area contributed by atoms with E-state index in [1.54, 1.807) is 6.07 Å². The summed E-state index contributed by atoms with van der Waals surface area (Å²) in [5, 5.41) is 1.26. The van der Waals surface area contributed by atoms with Crippen LogP contribution in [0.3, 0.4) is 0 Å². The number of nitrogens with two attached hydrogens (primary N) is 1. The van der Waals surface area contributed by atoms with Crippen molar-refractivity contribution in [1.82, 2.24) is 9.38 Å². The third-order valence-electron chi connectivity index (χ3n) is 4.61. The average Bonchev–Trinajstić information content (AvgIpc) is 3.24. The minimum Gasteiger partial charge on any atom is -0.368 e. The van der Waals surface area contributed by atoms with Crippen LogP contribution in [0.2, 0.25) is 10.0 Å². The molecule has 1 aliphatic heterocycles. The quantitative estimate of drug-likeness (QED) is 0.754. The number of nitrogens with zero attached hydrogens (tertiary/aromatic N) is 3. The van der Waals surface area contributed by atoms with Crippen LogP contribution >= 0.6 is 23.2 Å². The van der Waals surface area contributed by atoms with Crippen molar-refractivity contribution in [2.45, 2.75) is 19.4 Å². The van der Waals surface area contributed by atoms with Gasteiger partial charge in [0.2, 0.25) is 0 Å². The van der Waals surface area contributed by atoms with Crippen LogP contribution in [0.1, 0.15) is 18.4 Å². The zero-order chi connectivity index (χ0) is 16.7. The average molecular weight is 361 g/mol. The molecule has 1 fully saturated rings. The van der Waals surface area contributed by atoms with Crippen LogP contribution in [0, 0.1) is 0 Å². The van der Waals surface area contributed by atoms with E-state index in [-0.39, 0.29) is 0 Å². The molecule has 2 N–H and O–H groups in total. The van der Waals surface area contributed by atoms with Gasteiger partial charge >= 0.3 is 0 Å². The molecule has 4 nitrogen and oxygen atoms in total. The highest BCUT2D eigenvalue weighted by atomic mass is 35.5. The number of halogens is 2. The largest absolute Gasteiger partial charge is 0.368 e. The number of rotatable bonds is 3. The maximum atomic E-state index is 6.47. The van der Waals surface area contributed by atoms with Crippen molar-refractivity contribution >= 4 is 34.5 Å². The molecule has 0 radical (unpaired) electrons. The molecule has 0 saturated carbocycles. The zero-order valence-electron chi connectivity index (χ0n) is 13.2. The number of pyridine rings is 1. The Labute approximate surface area is 150 Å². The Kier molecular flexibility index (Phi) is 4.12. The third kappa shape index (κ3) is 2.55. The lowest BCUT2D eigenvalue weighted by Gasteiger charge is -2.24. The van der Waals surface area contributed by atoms with E-state index in [9.17, 15) is 0 Å². The van der Waals surface area contributed by atoms with E-state index in [2.05, 4.69) is 16.1 Å². The topological polar surface area (TPSA) is 46.6 Å². The molecule has 3 heterocycles. The van der Waals surface area contributed by atoms with E-state index in [0.29, 0.717) is 16.6 Å². The lowest BCUT2D eigenvalue weighted by molar-refractivity contribution is 0.934. The van der Waals surface area contributed by atoms with Gasteiger partial charge in [-0.2, -0.15) is 0 Å². The Bertz CT molecular complexity index is 897. The fourth-order valence-corrected chi connectivity index (χ4v) is 4.01. The Morgan fingerprint density at radius 3 is 2.62 bits per heavy atom. The Morgan fingerprint density at radius 1 is 1.12 bits per heavy atom. The van der Waals surface area contributed by atoms with Crippen molar-refractivity contribution < 1.29 is 0 Å². The van der Waals surface area contributed by atoms with Crippen molar-refractivity contribution in [2.24, 2.45) is 5.73 Å². The number of fused-ring (bicyclic) bond motifs is 1. The monoisotopic (exact) mass is 360 g/mol. The molecule has 0 spiro atoms. The maximum absolute atomic E-state index is 6.47. The molecule has 0 bridgehead atoms. The van der Waals surface area contributed by atoms with Crippen LogP contribution in [0.25, 0.3) is 16.8 Å². The summed E-state index contributed by atoms with van der Waals surface area (Å²) in [6, 6.07) is 5.58. The second-order valence-corrected chi connectivity index (χ2v) is 6.89. The second-order valence-electron chi connectivity index (χ2n) is 6.05. The summed E-state index contributed by atoms with van der Waals surface area (Å²) in [5.41, 5.74) is 11.3. The highest BCUT2D eigenvalue weighted by molar-refractivity contribution is 6.36. The van der Waals surface area contributed by atoms with E-state index in [0.717, 1.165) is 41.1 Å². The second kappa shape index (κ2) is 6.28. The molecule has 124 valence electrons. The summed E-state index contributed by atoms with van der Waals surface area (Å²) in [6.45, 7) is 2.50. The van der Waals surface area contributed by atoms with Gasteiger partial charge in [-0.1, -0.05) is 29.3 Å². The molecule has 6 heteroatoms. The van der Waals surface area contributed by atoms with Gasteiger partial charge in [0.15, 0.2) is 5.65 Å². The van der Waals surface area contributed by atoms with Gasteiger partial charge in [-0.15, -0.1) is 0 Å². The summed E-state index contributed by atoms with van der Waals surface area (Å²) < 4.78 is 2.05. The molecule has 1 saturated heterocycles. The van der Waals surface area contributed by atoms with Crippen LogP contribution in [-0.4, -0.2) is 22.5 Å². The van der Waals surface area contributed by atoms with Gasteiger partial charge in [0, 0.05) is 65.0 Å². The van der Waals surface area contributed by atoms with E-state index in [1.807, 2.05) is 28.9 Å². The summed E-state index contributed by atoms with van der Waals surface area (Å²) in [6.07, 6.45) is 8.23. The fourth-order valence-electron chi connectivity index (χ4n) is 3.50. The maximum Gasteiger partial charge on any atom is 0.160 e. The van der Waals surface area contributed by atoms with Crippen LogP contribution in [0.15, 0.2) is 36.8 Å². The van der Waals surface area contributed by atoms with Crippen LogP contribution in [-0.2, 0) is 6.54 Å². The molecule has 4 rings (SSSR count). The Morgan fingerprint density at radius 2 is 1.92 bits per heavy atom. The first-order chi connectivity index (χ1) is 11.7. The standard InChI is InChI=1S/C18H18Cl2N4/c19-12-3-4-13(16(20)9-12)15-11-24-8-5-22-18(24)17(14(15)10-21)23-6-1-2-7-23/h3-5,8-9,11H,1-2,6-7,10,21H2. The van der Waals surface area contributed by atoms with Crippen LogP contribution in [0.5, 0.6) is 0 Å². The first-order valence-electron chi connectivity index (χ1n) is 8.08. The molecule has 0 atom stereocenters. The third-order valence-corrected chi connectivity index (χ3v) is 5.16. The van der Waals surface area contributed by atoms with Gasteiger partial charge in [0.05, 0.1) is 5.69 Å². The highest BCUT2D eigenvalue weighted by Crippen LogP contribution is 2.39. The van der Waals surface area contributed by atoms with E-state index < -0.39 is 0 Å². The smallest absolute Gasteiger partial charge is 0.160 e. The van der Waals surface area contributed by atoms with Crippen molar-refractivity contribution in [3.63, 3.8) is 0 Å². The molecule has 0 amide bonds. The molecule has 0 unspecified atom stereocenters. The van der Waals surface area contributed by atoms with Crippen LogP contribution < -0.4 is 10.6 Å². The molecule has 1 aromatic carbocycles. The van der Waals surface area contributed by atoms with E-state index in [1.165, 1.54) is 12.8 Å². The normalized spacial score (nSPS) is 14.7. The lowest BCUT2D eigenvalue weighted by atomic mass is 9.99. The van der Waals surface area contributed by atoms with Gasteiger partial charge in [-0.05, 0) is 25.0 Å². The van der Waals surface area contributed by atoms with Crippen molar-refractivity contribution in [3.05, 3.63) is 52.4 Å². The molecule has 3 aromatic rings. The molecular weight excluding hydrogens is 343 g/mol. The zero-order valence-corrected chi connectivity index (χ0v) is 14.7. The summed E-state index contributed by atoms with van der Waals surface area (Å²) in [5.74, 6) is 0. The van der Waals surface area contributed by atoms with Crippen molar-refractivity contribution in [1.29, 1.82) is 0 Å². The Balaban J connectivity index is 2.01. The molecule has 1 aliphatic rings. The minimum atomic E-state index is 0.434. The fraction of sp³-hybridized carbons (Fsp3) is 0.278. The number of benzene rings is 1. The lowest BCUT2D eigenvalue weighted by Crippen LogP contribution is -2.22. The predicted octanol–water partition coefficient (Wildman–Crippen LogP) is 4.37. The molecule has 2 aromatic heterocycles. The van der Waals surface area contributed by atoms with Gasteiger partial charge in [-0.25, -0.2) is 4.98 Å². The number of hydrogen-bond acceptors (Lipinski definition) is 3. The van der Waals surface area contributed by atoms with Gasteiger partial charge < -0.3 is 15.0 Å². The first-order valence-corrected chi connectivity index (χ1v) is 8.83. The summed E-state index contributed by atoms with van der Waals surface area (Å²) in [7, 11) is 0. The molecular formula is C18H18Cl2N4. The first kappa shape index (κ1) is 15.8. The van der Waals surface area contributed by atoms with E-state index >= 15 is 0 Å². The summed E-state index contributed by atoms with van der Waals surface area (Å²) >= 11 is 12.5. The van der Waals surface area contributed by atoms with Gasteiger partial charge in [0.25, 0.3) is 0 Å². The number of aromatic nitrogens is 2. The SMILES string of the molecule is NCc1c(-c2ccc(Cl)cc2Cl)cn2ccnc2c1N1CCCC1. The predicted molar refractivity (Wildman–Crippen MR) is 100.0 cm³/mol. The number of imidazole rings is 1. The minimum absolute atomic E-state index is 0.434. The molecule has 0 aliphatic carbocycles. The molecule has 24 heavy (non-hydrogen) atoms. The Hall–Kier alpha value is -1.75. The van der Waals surface area contributed by atoms with Crippen molar-refractivity contribution in [2.75, 3.05) is 18.0 Å². The van der Waals surface area contributed by atoms with Gasteiger partial charge in [0.1, 0.15) is 0 Å². The van der Waals surface area contributed by atoms with E-state index in [4.69, 9.17) is 28.9 Å². The van der Waals surface area contributed by atoms with Crippen molar-refractivity contribution in [3.8, 4) is 11.1 Å². The van der Waals surface area contributed by atoms with Crippen LogP contribution in [0.4, 0.5) is 5.69 Å². The summed E-state index contributed by atoms with van der Waals surface area (Å²) in [4.78, 5) is 6.94. The highest BCUT2D eigenvalue weighted by Gasteiger charge is 2.23. The number of anilines is 1. The van der Waals surface area contributed by atoms with Gasteiger partial charge in [-0.3, -0.25) is 0 Å². The number of hydrogen-bond donors (Lipinski definition) is 1.